The van der Waals surface area contributed by atoms with Gasteiger partial charge in [-0.3, -0.25) is 9.59 Å². The highest BCUT2D eigenvalue weighted by Crippen LogP contribution is 2.18. The van der Waals surface area contributed by atoms with Gasteiger partial charge in [0.25, 0.3) is 5.91 Å². The molecule has 0 unspecified atom stereocenters. The Bertz CT molecular complexity index is 794. The molecular weight excluding hydrogens is 332 g/mol. The number of nitrogens with one attached hydrogen (secondary N) is 1. The summed E-state index contributed by atoms with van der Waals surface area (Å²) in [5.74, 6) is -1.92. The van der Waals surface area contributed by atoms with Crippen molar-refractivity contribution in [2.75, 3.05) is 31.5 Å². The second-order valence-electron chi connectivity index (χ2n) is 5.48. The van der Waals surface area contributed by atoms with Crippen LogP contribution in [0.3, 0.4) is 0 Å². The van der Waals surface area contributed by atoms with Crippen LogP contribution in [-0.2, 0) is 4.79 Å². The van der Waals surface area contributed by atoms with E-state index in [4.69, 9.17) is 0 Å². The molecule has 1 aromatic heterocycles. The molecule has 1 aliphatic rings. The fourth-order valence-corrected chi connectivity index (χ4v) is 2.46. The van der Waals surface area contributed by atoms with Gasteiger partial charge >= 0.3 is 0 Å². The minimum Gasteiger partial charge on any atom is -0.342 e. The summed E-state index contributed by atoms with van der Waals surface area (Å²) in [5.41, 5.74) is 0.482. The van der Waals surface area contributed by atoms with Gasteiger partial charge in [-0.2, -0.15) is 0 Å². The zero-order valence-electron chi connectivity index (χ0n) is 13.2. The summed E-state index contributed by atoms with van der Waals surface area (Å²) < 4.78 is 26.2. The fraction of sp³-hybridized carbons (Fsp3) is 0.250. The zero-order chi connectivity index (χ0) is 17.8. The SMILES string of the molecule is O=CN1CCN(C(=O)c2cc(Nc3ccc(F)c(F)c3)ncn2)CC1. The number of halogens is 2. The van der Waals surface area contributed by atoms with Crippen LogP contribution in [0.15, 0.2) is 30.6 Å². The van der Waals surface area contributed by atoms with Gasteiger partial charge in [0.05, 0.1) is 0 Å². The molecule has 0 spiro atoms. The van der Waals surface area contributed by atoms with Crippen LogP contribution in [0.4, 0.5) is 20.3 Å². The number of amides is 2. The predicted molar refractivity (Wildman–Crippen MR) is 85.2 cm³/mol. The van der Waals surface area contributed by atoms with Crippen molar-refractivity contribution in [3.8, 4) is 0 Å². The molecule has 25 heavy (non-hydrogen) atoms. The van der Waals surface area contributed by atoms with Crippen molar-refractivity contribution in [3.63, 3.8) is 0 Å². The summed E-state index contributed by atoms with van der Waals surface area (Å²) in [6.07, 6.45) is 1.98. The van der Waals surface area contributed by atoms with E-state index in [1.807, 2.05) is 0 Å². The van der Waals surface area contributed by atoms with Gasteiger partial charge in [-0.1, -0.05) is 0 Å². The fourth-order valence-electron chi connectivity index (χ4n) is 2.46. The van der Waals surface area contributed by atoms with Gasteiger partial charge in [-0.15, -0.1) is 0 Å². The van der Waals surface area contributed by atoms with E-state index in [1.54, 1.807) is 9.80 Å². The van der Waals surface area contributed by atoms with E-state index >= 15 is 0 Å². The Balaban J connectivity index is 1.71. The summed E-state index contributed by atoms with van der Waals surface area (Å²) in [4.78, 5) is 34.3. The Labute approximate surface area is 142 Å². The average molecular weight is 347 g/mol. The number of carbonyl (C=O) groups excluding carboxylic acids is 2. The number of aromatic nitrogens is 2. The highest BCUT2D eigenvalue weighted by atomic mass is 19.2. The van der Waals surface area contributed by atoms with Crippen LogP contribution < -0.4 is 5.32 Å². The van der Waals surface area contributed by atoms with Gasteiger partial charge in [-0.25, -0.2) is 18.7 Å². The number of hydrogen-bond acceptors (Lipinski definition) is 5. The van der Waals surface area contributed by atoms with Gasteiger partial charge in [0.1, 0.15) is 17.8 Å². The molecule has 1 aromatic carbocycles. The van der Waals surface area contributed by atoms with Crippen molar-refractivity contribution in [3.05, 3.63) is 47.9 Å². The molecule has 1 aliphatic heterocycles. The molecule has 2 amide bonds. The first-order chi connectivity index (χ1) is 12.1. The number of piperazine rings is 1. The van der Waals surface area contributed by atoms with E-state index < -0.39 is 11.6 Å². The number of benzene rings is 1. The number of hydrogen-bond donors (Lipinski definition) is 1. The first kappa shape index (κ1) is 16.7. The smallest absolute Gasteiger partial charge is 0.272 e. The van der Waals surface area contributed by atoms with Crippen LogP contribution in [0.5, 0.6) is 0 Å². The van der Waals surface area contributed by atoms with Gasteiger partial charge in [0.2, 0.25) is 6.41 Å². The normalized spacial score (nSPS) is 14.3. The first-order valence-electron chi connectivity index (χ1n) is 7.59. The largest absolute Gasteiger partial charge is 0.342 e. The highest BCUT2D eigenvalue weighted by Gasteiger charge is 2.22. The van der Waals surface area contributed by atoms with E-state index in [9.17, 15) is 18.4 Å². The lowest BCUT2D eigenvalue weighted by Gasteiger charge is -2.32. The van der Waals surface area contributed by atoms with E-state index in [-0.39, 0.29) is 17.4 Å². The third kappa shape index (κ3) is 3.87. The predicted octanol–water partition coefficient (Wildman–Crippen LogP) is 1.41. The molecule has 0 atom stereocenters. The van der Waals surface area contributed by atoms with Crippen molar-refractivity contribution in [2.45, 2.75) is 0 Å². The van der Waals surface area contributed by atoms with Crippen molar-refractivity contribution >= 4 is 23.8 Å². The van der Waals surface area contributed by atoms with Crippen molar-refractivity contribution in [1.82, 2.24) is 19.8 Å². The molecule has 1 saturated heterocycles. The molecular formula is C16H15F2N5O2. The van der Waals surface area contributed by atoms with Gasteiger partial charge < -0.3 is 15.1 Å². The highest BCUT2D eigenvalue weighted by molar-refractivity contribution is 5.93. The molecule has 7 nitrogen and oxygen atoms in total. The van der Waals surface area contributed by atoms with Crippen LogP contribution in [0.1, 0.15) is 10.5 Å². The van der Waals surface area contributed by atoms with Gasteiger partial charge in [-0.05, 0) is 12.1 Å². The Morgan fingerprint density at radius 1 is 1.08 bits per heavy atom. The van der Waals surface area contributed by atoms with Crippen LogP contribution in [0, 0.1) is 11.6 Å². The number of anilines is 2. The zero-order valence-corrected chi connectivity index (χ0v) is 13.2. The Morgan fingerprint density at radius 2 is 1.84 bits per heavy atom. The second kappa shape index (κ2) is 7.20. The third-order valence-electron chi connectivity index (χ3n) is 3.83. The minimum atomic E-state index is -0.983. The molecule has 1 fully saturated rings. The van der Waals surface area contributed by atoms with E-state index in [2.05, 4.69) is 15.3 Å². The van der Waals surface area contributed by atoms with Crippen molar-refractivity contribution in [1.29, 1.82) is 0 Å². The third-order valence-corrected chi connectivity index (χ3v) is 3.83. The molecule has 0 radical (unpaired) electrons. The molecule has 3 rings (SSSR count). The second-order valence-corrected chi connectivity index (χ2v) is 5.48. The molecule has 1 N–H and O–H groups in total. The molecule has 0 bridgehead atoms. The topological polar surface area (TPSA) is 78.4 Å². The summed E-state index contributed by atoms with van der Waals surface area (Å²) in [6.45, 7) is 1.79. The van der Waals surface area contributed by atoms with Crippen LogP contribution in [0.25, 0.3) is 0 Å². The Kier molecular flexibility index (Phi) is 4.82. The van der Waals surface area contributed by atoms with Crippen LogP contribution in [-0.4, -0.2) is 58.3 Å². The van der Waals surface area contributed by atoms with Gasteiger partial charge in [0.15, 0.2) is 11.6 Å². The van der Waals surface area contributed by atoms with Crippen molar-refractivity contribution in [2.24, 2.45) is 0 Å². The van der Waals surface area contributed by atoms with E-state index in [1.165, 1.54) is 18.5 Å². The van der Waals surface area contributed by atoms with Gasteiger partial charge in [0, 0.05) is 44.0 Å². The molecule has 2 aromatic rings. The summed E-state index contributed by atoms with van der Waals surface area (Å²) in [6, 6.07) is 4.80. The summed E-state index contributed by atoms with van der Waals surface area (Å²) in [7, 11) is 0. The molecule has 130 valence electrons. The Morgan fingerprint density at radius 3 is 2.52 bits per heavy atom. The van der Waals surface area contributed by atoms with E-state index in [0.717, 1.165) is 18.5 Å². The maximum absolute atomic E-state index is 13.3. The number of nitrogens with zero attached hydrogens (tertiary/aromatic N) is 4. The number of carbonyl (C=O) groups is 2. The first-order valence-corrected chi connectivity index (χ1v) is 7.59. The van der Waals surface area contributed by atoms with E-state index in [0.29, 0.717) is 31.9 Å². The average Bonchev–Trinajstić information content (AvgIpc) is 2.64. The quantitative estimate of drug-likeness (QED) is 0.846. The van der Waals surface area contributed by atoms with Crippen molar-refractivity contribution < 1.29 is 18.4 Å². The lowest BCUT2D eigenvalue weighted by molar-refractivity contribution is -0.119. The molecule has 9 heteroatoms. The Hall–Kier alpha value is -3.10. The molecule has 0 saturated carbocycles. The lowest BCUT2D eigenvalue weighted by atomic mass is 10.2. The maximum Gasteiger partial charge on any atom is 0.272 e. The lowest BCUT2D eigenvalue weighted by Crippen LogP contribution is -2.48. The number of rotatable bonds is 4. The molecule has 2 heterocycles. The minimum absolute atomic E-state index is 0.180. The standard InChI is InChI=1S/C16H15F2N5O2/c17-12-2-1-11(7-13(12)18)21-15-8-14(19-9-20-15)16(25)23-5-3-22(10-24)4-6-23/h1-2,7-10H,3-6H2,(H,19,20,21). The summed E-state index contributed by atoms with van der Waals surface area (Å²) in [5, 5.41) is 2.80. The summed E-state index contributed by atoms with van der Waals surface area (Å²) >= 11 is 0. The van der Waals surface area contributed by atoms with Crippen LogP contribution >= 0.6 is 0 Å². The molecule has 0 aliphatic carbocycles. The monoisotopic (exact) mass is 347 g/mol. The maximum atomic E-state index is 13.3. The van der Waals surface area contributed by atoms with Crippen LogP contribution in [0.2, 0.25) is 0 Å².